The first kappa shape index (κ1) is 13.9. The van der Waals surface area contributed by atoms with Gasteiger partial charge in [0.2, 0.25) is 0 Å². The molecule has 0 aliphatic carbocycles. The molecule has 0 saturated carbocycles. The Bertz CT molecular complexity index is 698. The van der Waals surface area contributed by atoms with Crippen LogP contribution >= 0.6 is 0 Å². The third kappa shape index (κ3) is 3.02. The number of hydrogen-bond acceptors (Lipinski definition) is 0. The maximum absolute atomic E-state index is 2.30. The number of fused-ring (bicyclic) bond motifs is 1. The van der Waals surface area contributed by atoms with E-state index in [1.54, 1.807) is 0 Å². The Morgan fingerprint density at radius 1 is 0.762 bits per heavy atom. The highest BCUT2D eigenvalue weighted by molar-refractivity contribution is 6.86. The highest BCUT2D eigenvalue weighted by atomic mass is 14.0. The summed E-state index contributed by atoms with van der Waals surface area (Å²) in [6, 6.07) is 26.4. The van der Waals surface area contributed by atoms with E-state index in [1.165, 1.54) is 40.9 Å². The van der Waals surface area contributed by atoms with Crippen LogP contribution in [0.3, 0.4) is 0 Å². The first-order chi connectivity index (χ1) is 10.4. The van der Waals surface area contributed by atoms with E-state index in [2.05, 4.69) is 79.7 Å². The van der Waals surface area contributed by atoms with Gasteiger partial charge in [0.05, 0.1) is 0 Å². The van der Waals surface area contributed by atoms with E-state index in [1.807, 2.05) is 0 Å². The fourth-order valence-corrected chi connectivity index (χ4v) is 3.15. The molecule has 0 spiro atoms. The molecule has 0 aliphatic heterocycles. The van der Waals surface area contributed by atoms with Crippen LogP contribution in [-0.4, -0.2) is 6.71 Å². The van der Waals surface area contributed by atoms with Gasteiger partial charge in [-0.25, -0.2) is 10.9 Å². The molecule has 0 N–H and O–H groups in total. The molecule has 0 aromatic heterocycles. The molecule has 0 bridgehead atoms. The predicted octanol–water partition coefficient (Wildman–Crippen LogP) is 4.25. The van der Waals surface area contributed by atoms with Crippen molar-refractivity contribution in [2.45, 2.75) is 26.1 Å². The molecule has 0 aliphatic rings. The van der Waals surface area contributed by atoms with Crippen molar-refractivity contribution in [3.63, 3.8) is 0 Å². The van der Waals surface area contributed by atoms with E-state index in [0.717, 1.165) is 0 Å². The molecule has 21 heavy (non-hydrogen) atoms. The van der Waals surface area contributed by atoms with Gasteiger partial charge in [-0.15, -0.1) is 12.1 Å². The van der Waals surface area contributed by atoms with E-state index in [0.29, 0.717) is 6.71 Å². The summed E-state index contributed by atoms with van der Waals surface area (Å²) in [6.45, 7) is 2.77. The summed E-state index contributed by atoms with van der Waals surface area (Å²) in [6.07, 6.45) is 3.73. The summed E-state index contributed by atoms with van der Waals surface area (Å²) in [5.74, 6) is 0. The quantitative estimate of drug-likeness (QED) is 0.609. The SMILES string of the molecule is CCCC[B-](c1ccccc1)c1cccc2ccccc12. The lowest BCUT2D eigenvalue weighted by Crippen LogP contribution is -2.42. The van der Waals surface area contributed by atoms with E-state index in [4.69, 9.17) is 0 Å². The van der Waals surface area contributed by atoms with Crippen LogP contribution in [0.25, 0.3) is 10.8 Å². The minimum absolute atomic E-state index is 0.497. The molecule has 0 amide bonds. The lowest BCUT2D eigenvalue weighted by molar-refractivity contribution is 0.878. The molecule has 0 nitrogen and oxygen atoms in total. The number of benzene rings is 3. The molecule has 0 fully saturated rings. The Hall–Kier alpha value is -2.02. The molecule has 1 radical (unpaired) electrons. The minimum atomic E-state index is 0.497. The van der Waals surface area contributed by atoms with Gasteiger partial charge in [0.1, 0.15) is 0 Å². The van der Waals surface area contributed by atoms with Gasteiger partial charge in [-0.05, 0) is 5.39 Å². The van der Waals surface area contributed by atoms with Crippen molar-refractivity contribution < 1.29 is 0 Å². The molecule has 0 atom stereocenters. The molecule has 3 aromatic carbocycles. The molecular weight excluding hydrogens is 251 g/mol. The Morgan fingerprint density at radius 2 is 1.48 bits per heavy atom. The fraction of sp³-hybridized carbons (Fsp3) is 0.200. The van der Waals surface area contributed by atoms with Crippen molar-refractivity contribution >= 4 is 28.4 Å². The second-order valence-corrected chi connectivity index (χ2v) is 5.67. The average Bonchev–Trinajstić information content (AvgIpc) is 2.56. The van der Waals surface area contributed by atoms with Crippen LogP contribution in [0.15, 0.2) is 72.8 Å². The average molecular weight is 272 g/mol. The number of hydrogen-bond donors (Lipinski definition) is 0. The standard InChI is InChI=1S/C20H21B/c1-2-3-16-21(18-12-5-4-6-13-18)20-15-9-11-17-10-7-8-14-19(17)20/h4-15H,2-3,16H2,1H3/q-1. The van der Waals surface area contributed by atoms with E-state index >= 15 is 0 Å². The van der Waals surface area contributed by atoms with Crippen LogP contribution in [0.1, 0.15) is 19.8 Å². The number of unbranched alkanes of at least 4 members (excludes halogenated alkanes) is 1. The minimum Gasteiger partial charge on any atom is -0.239 e. The van der Waals surface area contributed by atoms with Crippen LogP contribution in [-0.2, 0) is 0 Å². The van der Waals surface area contributed by atoms with Gasteiger partial charge in [0.15, 0.2) is 0 Å². The van der Waals surface area contributed by atoms with E-state index in [-0.39, 0.29) is 0 Å². The van der Waals surface area contributed by atoms with Crippen molar-refractivity contribution in [3.8, 4) is 0 Å². The van der Waals surface area contributed by atoms with Gasteiger partial charge in [0, 0.05) is 0 Å². The Kier molecular flexibility index (Phi) is 4.40. The van der Waals surface area contributed by atoms with Crippen LogP contribution in [0, 0.1) is 0 Å². The lowest BCUT2D eigenvalue weighted by atomic mass is 9.37. The first-order valence-corrected chi connectivity index (χ1v) is 7.92. The van der Waals surface area contributed by atoms with Gasteiger partial charge in [-0.3, -0.25) is 0 Å². The zero-order valence-corrected chi connectivity index (χ0v) is 12.6. The maximum atomic E-state index is 2.30. The smallest absolute Gasteiger partial charge is 0.0217 e. The van der Waals surface area contributed by atoms with Crippen LogP contribution in [0.4, 0.5) is 0 Å². The Morgan fingerprint density at radius 3 is 2.29 bits per heavy atom. The molecule has 105 valence electrons. The van der Waals surface area contributed by atoms with Crippen molar-refractivity contribution in [2.75, 3.05) is 0 Å². The molecule has 0 unspecified atom stereocenters. The fourth-order valence-electron chi connectivity index (χ4n) is 3.15. The van der Waals surface area contributed by atoms with Gasteiger partial charge in [-0.2, -0.15) is 6.32 Å². The molecule has 1 heteroatoms. The summed E-state index contributed by atoms with van der Waals surface area (Å²) in [5, 5.41) is 2.73. The zero-order chi connectivity index (χ0) is 14.5. The second kappa shape index (κ2) is 6.63. The molecule has 3 rings (SSSR count). The predicted molar refractivity (Wildman–Crippen MR) is 95.1 cm³/mol. The lowest BCUT2D eigenvalue weighted by Gasteiger charge is -2.30. The normalized spacial score (nSPS) is 11.1. The Labute approximate surface area is 127 Å². The third-order valence-corrected chi connectivity index (χ3v) is 4.25. The topological polar surface area (TPSA) is 0 Å². The van der Waals surface area contributed by atoms with Crippen molar-refractivity contribution in [3.05, 3.63) is 72.8 Å². The first-order valence-electron chi connectivity index (χ1n) is 7.92. The monoisotopic (exact) mass is 272 g/mol. The molecule has 0 heterocycles. The number of rotatable bonds is 5. The van der Waals surface area contributed by atoms with E-state index < -0.39 is 0 Å². The maximum Gasteiger partial charge on any atom is -0.0217 e. The van der Waals surface area contributed by atoms with Crippen molar-refractivity contribution in [2.24, 2.45) is 0 Å². The molecule has 3 aromatic rings. The van der Waals surface area contributed by atoms with Crippen LogP contribution in [0.2, 0.25) is 6.32 Å². The van der Waals surface area contributed by atoms with Gasteiger partial charge < -0.3 is 0 Å². The van der Waals surface area contributed by atoms with Gasteiger partial charge >= 0.3 is 0 Å². The summed E-state index contributed by atoms with van der Waals surface area (Å²) < 4.78 is 0. The van der Waals surface area contributed by atoms with Crippen molar-refractivity contribution in [1.82, 2.24) is 0 Å². The molecular formula is C20H21B-. The summed E-state index contributed by atoms with van der Waals surface area (Å²) in [5.41, 5.74) is 2.90. The van der Waals surface area contributed by atoms with Crippen LogP contribution in [0.5, 0.6) is 0 Å². The van der Waals surface area contributed by atoms with Gasteiger partial charge in [0.25, 0.3) is 0 Å². The largest absolute Gasteiger partial charge is 0.239 e. The highest BCUT2D eigenvalue weighted by Crippen LogP contribution is 2.14. The Balaban J connectivity index is 2.10. The third-order valence-electron chi connectivity index (χ3n) is 4.25. The summed E-state index contributed by atoms with van der Waals surface area (Å²) >= 11 is 0. The molecule has 0 saturated heterocycles. The van der Waals surface area contributed by atoms with E-state index in [9.17, 15) is 0 Å². The second-order valence-electron chi connectivity index (χ2n) is 5.67. The highest BCUT2D eigenvalue weighted by Gasteiger charge is 2.05. The summed E-state index contributed by atoms with van der Waals surface area (Å²) in [7, 11) is 0. The van der Waals surface area contributed by atoms with Crippen LogP contribution < -0.4 is 10.9 Å². The van der Waals surface area contributed by atoms with Crippen molar-refractivity contribution in [1.29, 1.82) is 0 Å². The summed E-state index contributed by atoms with van der Waals surface area (Å²) in [4.78, 5) is 0. The van der Waals surface area contributed by atoms with Gasteiger partial charge in [-0.1, -0.05) is 92.5 Å². The zero-order valence-electron chi connectivity index (χ0n) is 12.6.